The highest BCUT2D eigenvalue weighted by Crippen LogP contribution is 2.21. The van der Waals surface area contributed by atoms with E-state index >= 15 is 0 Å². The molecule has 8 nitrogen and oxygen atoms in total. The summed E-state index contributed by atoms with van der Waals surface area (Å²) in [5.74, 6) is 0.948. The van der Waals surface area contributed by atoms with Gasteiger partial charge in [0.2, 0.25) is 17.7 Å². The van der Waals surface area contributed by atoms with Crippen LogP contribution in [0.15, 0.2) is 28.9 Å². The molecule has 0 spiro atoms. The van der Waals surface area contributed by atoms with Crippen LogP contribution >= 0.6 is 0 Å². The lowest BCUT2D eigenvalue weighted by molar-refractivity contribution is -0.127. The Labute approximate surface area is 158 Å². The van der Waals surface area contributed by atoms with E-state index in [0.717, 1.165) is 0 Å². The number of carbonyl (C=O) groups excluding carboxylic acids is 2. The van der Waals surface area contributed by atoms with Crippen molar-refractivity contribution in [1.82, 2.24) is 25.4 Å². The summed E-state index contributed by atoms with van der Waals surface area (Å²) in [7, 11) is 0. The number of pyridine rings is 1. The van der Waals surface area contributed by atoms with E-state index in [0.29, 0.717) is 43.3 Å². The molecule has 0 saturated carbocycles. The van der Waals surface area contributed by atoms with Gasteiger partial charge in [0.15, 0.2) is 0 Å². The van der Waals surface area contributed by atoms with Gasteiger partial charge in [-0.2, -0.15) is 0 Å². The number of piperidine rings is 1. The van der Waals surface area contributed by atoms with Crippen LogP contribution in [0.3, 0.4) is 0 Å². The van der Waals surface area contributed by atoms with Gasteiger partial charge in [-0.1, -0.05) is 13.8 Å². The SMILES string of the molecule is CC(C)c1nnc([C@H](C)NC(=O)C2CCN(C(=O)c3ccncc3)CC2)o1. The van der Waals surface area contributed by atoms with E-state index in [1.165, 1.54) is 0 Å². The Bertz CT molecular complexity index is 782. The molecule has 0 aromatic carbocycles. The maximum atomic E-state index is 12.6. The van der Waals surface area contributed by atoms with Gasteiger partial charge in [0, 0.05) is 42.9 Å². The van der Waals surface area contributed by atoms with Crippen LogP contribution in [0.5, 0.6) is 0 Å². The topological polar surface area (TPSA) is 101 Å². The Morgan fingerprint density at radius 1 is 1.11 bits per heavy atom. The van der Waals surface area contributed by atoms with Gasteiger partial charge in [-0.15, -0.1) is 10.2 Å². The lowest BCUT2D eigenvalue weighted by atomic mass is 9.95. The minimum Gasteiger partial charge on any atom is -0.423 e. The van der Waals surface area contributed by atoms with Gasteiger partial charge in [0.05, 0.1) is 0 Å². The van der Waals surface area contributed by atoms with Crippen molar-refractivity contribution in [3.63, 3.8) is 0 Å². The van der Waals surface area contributed by atoms with Gasteiger partial charge in [-0.25, -0.2) is 0 Å². The normalized spacial score (nSPS) is 16.4. The van der Waals surface area contributed by atoms with Crippen molar-refractivity contribution in [3.8, 4) is 0 Å². The number of amides is 2. The van der Waals surface area contributed by atoms with E-state index in [-0.39, 0.29) is 29.7 Å². The molecule has 0 unspecified atom stereocenters. The van der Waals surface area contributed by atoms with Crippen molar-refractivity contribution < 1.29 is 14.0 Å². The molecular weight excluding hydrogens is 346 g/mol. The van der Waals surface area contributed by atoms with Crippen LogP contribution in [0.1, 0.15) is 67.7 Å². The fourth-order valence-electron chi connectivity index (χ4n) is 3.07. The van der Waals surface area contributed by atoms with Crippen molar-refractivity contribution in [2.45, 2.75) is 45.6 Å². The molecule has 2 aromatic rings. The summed E-state index contributed by atoms with van der Waals surface area (Å²) < 4.78 is 5.60. The van der Waals surface area contributed by atoms with Gasteiger partial charge in [0.25, 0.3) is 5.91 Å². The van der Waals surface area contributed by atoms with Crippen molar-refractivity contribution in [3.05, 3.63) is 41.9 Å². The van der Waals surface area contributed by atoms with Gasteiger partial charge < -0.3 is 14.6 Å². The Balaban J connectivity index is 1.51. The van der Waals surface area contributed by atoms with Crippen LogP contribution < -0.4 is 5.32 Å². The van der Waals surface area contributed by atoms with Crippen molar-refractivity contribution >= 4 is 11.8 Å². The fraction of sp³-hybridized carbons (Fsp3) is 0.526. The lowest BCUT2D eigenvalue weighted by Gasteiger charge is -2.31. The summed E-state index contributed by atoms with van der Waals surface area (Å²) in [6.07, 6.45) is 4.49. The van der Waals surface area contributed by atoms with Crippen LogP contribution in [-0.4, -0.2) is 45.0 Å². The zero-order valence-electron chi connectivity index (χ0n) is 15.9. The molecule has 0 aliphatic carbocycles. The second-order valence-corrected chi connectivity index (χ2v) is 7.17. The number of likely N-dealkylation sites (tertiary alicyclic amines) is 1. The van der Waals surface area contributed by atoms with E-state index < -0.39 is 0 Å². The molecule has 3 heterocycles. The summed E-state index contributed by atoms with van der Waals surface area (Å²) in [5.41, 5.74) is 0.624. The van der Waals surface area contributed by atoms with Crippen LogP contribution in [0.2, 0.25) is 0 Å². The number of hydrogen-bond acceptors (Lipinski definition) is 6. The van der Waals surface area contributed by atoms with Gasteiger partial charge in [-0.05, 0) is 31.9 Å². The van der Waals surface area contributed by atoms with Crippen LogP contribution in [0.25, 0.3) is 0 Å². The maximum absolute atomic E-state index is 12.6. The molecule has 1 N–H and O–H groups in total. The Hall–Kier alpha value is -2.77. The predicted molar refractivity (Wildman–Crippen MR) is 97.8 cm³/mol. The summed E-state index contributed by atoms with van der Waals surface area (Å²) in [6, 6.07) is 3.08. The lowest BCUT2D eigenvalue weighted by Crippen LogP contribution is -2.43. The molecule has 0 bridgehead atoms. The summed E-state index contributed by atoms with van der Waals surface area (Å²) >= 11 is 0. The minimum atomic E-state index is -0.339. The first-order valence-corrected chi connectivity index (χ1v) is 9.28. The first-order valence-electron chi connectivity index (χ1n) is 9.28. The van der Waals surface area contributed by atoms with E-state index in [9.17, 15) is 9.59 Å². The molecule has 144 valence electrons. The molecular formula is C19H25N5O3. The van der Waals surface area contributed by atoms with Crippen molar-refractivity contribution in [2.75, 3.05) is 13.1 Å². The Morgan fingerprint density at radius 3 is 2.33 bits per heavy atom. The molecule has 1 saturated heterocycles. The fourth-order valence-corrected chi connectivity index (χ4v) is 3.07. The third-order valence-corrected chi connectivity index (χ3v) is 4.76. The van der Waals surface area contributed by atoms with Gasteiger partial charge >= 0.3 is 0 Å². The largest absolute Gasteiger partial charge is 0.423 e. The highest BCUT2D eigenvalue weighted by atomic mass is 16.4. The molecule has 2 aromatic heterocycles. The van der Waals surface area contributed by atoms with Gasteiger partial charge in [-0.3, -0.25) is 14.6 Å². The van der Waals surface area contributed by atoms with Crippen molar-refractivity contribution in [2.24, 2.45) is 5.92 Å². The maximum Gasteiger partial charge on any atom is 0.253 e. The molecule has 8 heteroatoms. The molecule has 1 fully saturated rings. The summed E-state index contributed by atoms with van der Waals surface area (Å²) in [6.45, 7) is 6.90. The first-order chi connectivity index (χ1) is 13.0. The third-order valence-electron chi connectivity index (χ3n) is 4.76. The monoisotopic (exact) mass is 371 g/mol. The Kier molecular flexibility index (Phi) is 5.83. The smallest absolute Gasteiger partial charge is 0.253 e. The average molecular weight is 371 g/mol. The number of carbonyl (C=O) groups is 2. The molecule has 2 amide bonds. The highest BCUT2D eigenvalue weighted by Gasteiger charge is 2.29. The molecule has 1 atom stereocenters. The second kappa shape index (κ2) is 8.28. The quantitative estimate of drug-likeness (QED) is 0.865. The van der Waals surface area contributed by atoms with E-state index in [2.05, 4.69) is 20.5 Å². The predicted octanol–water partition coefficient (Wildman–Crippen LogP) is 2.32. The minimum absolute atomic E-state index is 0.0169. The van der Waals surface area contributed by atoms with Crippen molar-refractivity contribution in [1.29, 1.82) is 0 Å². The van der Waals surface area contributed by atoms with Gasteiger partial charge in [0.1, 0.15) is 6.04 Å². The number of hydrogen-bond donors (Lipinski definition) is 1. The highest BCUT2D eigenvalue weighted by molar-refractivity contribution is 5.94. The average Bonchev–Trinajstić information content (AvgIpc) is 3.19. The number of nitrogens with one attached hydrogen (secondary N) is 1. The van der Waals surface area contributed by atoms with Crippen LogP contribution in [-0.2, 0) is 4.79 Å². The molecule has 0 radical (unpaired) electrons. The number of rotatable bonds is 5. The number of nitrogens with zero attached hydrogens (tertiary/aromatic N) is 4. The molecule has 1 aliphatic heterocycles. The zero-order chi connectivity index (χ0) is 19.4. The first kappa shape index (κ1) is 19.0. The zero-order valence-corrected chi connectivity index (χ0v) is 15.9. The van der Waals surface area contributed by atoms with Crippen LogP contribution in [0.4, 0.5) is 0 Å². The molecule has 1 aliphatic rings. The summed E-state index contributed by atoms with van der Waals surface area (Å²) in [5, 5.41) is 11.0. The molecule has 3 rings (SSSR count). The van der Waals surface area contributed by atoms with E-state index in [1.807, 2.05) is 20.8 Å². The summed E-state index contributed by atoms with van der Waals surface area (Å²) in [4.78, 5) is 30.7. The second-order valence-electron chi connectivity index (χ2n) is 7.17. The van der Waals surface area contributed by atoms with Crippen LogP contribution in [0, 0.1) is 5.92 Å². The molecule has 27 heavy (non-hydrogen) atoms. The standard InChI is InChI=1S/C19H25N5O3/c1-12(2)17-22-23-18(27-17)13(3)21-16(25)14-6-10-24(11-7-14)19(26)15-4-8-20-9-5-15/h4-5,8-9,12-14H,6-7,10-11H2,1-3H3,(H,21,25)/t13-/m0/s1. The van der Waals surface area contributed by atoms with E-state index in [4.69, 9.17) is 4.42 Å². The number of aromatic nitrogens is 3. The third kappa shape index (κ3) is 4.50. The van der Waals surface area contributed by atoms with E-state index in [1.54, 1.807) is 29.4 Å². The Morgan fingerprint density at radius 2 is 1.74 bits per heavy atom.